The van der Waals surface area contributed by atoms with Crippen LogP contribution >= 0.6 is 24.0 Å². The van der Waals surface area contributed by atoms with Crippen LogP contribution in [0, 0.1) is 10.1 Å². The number of nitrogens with zero attached hydrogens (tertiary/aromatic N) is 2. The van der Waals surface area contributed by atoms with Crippen molar-refractivity contribution in [2.45, 2.75) is 0 Å². The minimum absolute atomic E-state index is 0.0606. The van der Waals surface area contributed by atoms with Gasteiger partial charge in [0.25, 0.3) is 11.6 Å². The lowest BCUT2D eigenvalue weighted by atomic mass is 10.1. The number of hydrogen-bond acceptors (Lipinski definition) is 8. The number of nitro groups is 1. The number of rotatable bonds is 5. The van der Waals surface area contributed by atoms with Crippen molar-refractivity contribution in [3.05, 3.63) is 87.0 Å². The molecule has 10 heteroatoms. The Labute approximate surface area is 184 Å². The first-order chi connectivity index (χ1) is 14.8. The molecule has 1 aliphatic rings. The number of nitro benzene ring substituents is 1. The van der Waals surface area contributed by atoms with Gasteiger partial charge in [-0.05, 0) is 29.8 Å². The van der Waals surface area contributed by atoms with E-state index in [1.54, 1.807) is 30.3 Å². The largest absolute Gasteiger partial charge is 0.545 e. The van der Waals surface area contributed by atoms with Crippen LogP contribution in [0.4, 0.5) is 11.4 Å². The van der Waals surface area contributed by atoms with Crippen LogP contribution in [0.5, 0.6) is 0 Å². The third-order valence-corrected chi connectivity index (χ3v) is 5.72. The molecule has 0 bridgehead atoms. The third kappa shape index (κ3) is 4.11. The second-order valence-corrected chi connectivity index (χ2v) is 8.03. The van der Waals surface area contributed by atoms with E-state index in [0.29, 0.717) is 32.0 Å². The molecular weight excluding hydrogens is 440 g/mol. The molecule has 154 valence electrons. The van der Waals surface area contributed by atoms with Gasteiger partial charge in [-0.1, -0.05) is 48.2 Å². The van der Waals surface area contributed by atoms with Crippen LogP contribution in [0.15, 0.2) is 70.0 Å². The monoisotopic (exact) mass is 451 g/mol. The number of aromatic carboxylic acids is 1. The summed E-state index contributed by atoms with van der Waals surface area (Å²) in [5, 5.41) is 21.7. The van der Waals surface area contributed by atoms with E-state index in [9.17, 15) is 24.8 Å². The number of furan rings is 1. The van der Waals surface area contributed by atoms with Crippen molar-refractivity contribution in [3.8, 4) is 11.3 Å². The maximum atomic E-state index is 12.8. The average Bonchev–Trinajstić information content (AvgIpc) is 3.32. The molecule has 0 radical (unpaired) electrons. The molecule has 0 unspecified atom stereocenters. The highest BCUT2D eigenvalue weighted by atomic mass is 32.2. The molecule has 0 N–H and O–H groups in total. The van der Waals surface area contributed by atoms with Gasteiger partial charge in [0.2, 0.25) is 0 Å². The number of carboxylic acids is 1. The number of carbonyl (C=O) groups is 2. The molecule has 3 aromatic rings. The first kappa shape index (κ1) is 20.5. The lowest BCUT2D eigenvalue weighted by Crippen LogP contribution is -2.27. The number of thioether (sulfide) groups is 1. The molecule has 0 atom stereocenters. The summed E-state index contributed by atoms with van der Waals surface area (Å²) in [6, 6.07) is 15.0. The quantitative estimate of drug-likeness (QED) is 0.250. The van der Waals surface area contributed by atoms with E-state index in [1.807, 2.05) is 0 Å². The summed E-state index contributed by atoms with van der Waals surface area (Å²) in [6.45, 7) is 0. The summed E-state index contributed by atoms with van der Waals surface area (Å²) < 4.78 is 6.06. The van der Waals surface area contributed by atoms with E-state index in [1.165, 1.54) is 41.3 Å². The van der Waals surface area contributed by atoms with Gasteiger partial charge in [-0.15, -0.1) is 0 Å². The summed E-state index contributed by atoms with van der Waals surface area (Å²) in [5.41, 5.74) is 1.08. The lowest BCUT2D eigenvalue weighted by Gasteiger charge is -2.13. The Balaban J connectivity index is 1.56. The number of carboxylic acid groups (broad SMARTS) is 1. The predicted molar refractivity (Wildman–Crippen MR) is 117 cm³/mol. The van der Waals surface area contributed by atoms with Crippen LogP contribution in [-0.2, 0) is 4.79 Å². The predicted octanol–water partition coefficient (Wildman–Crippen LogP) is 3.62. The molecule has 0 saturated carbocycles. The van der Waals surface area contributed by atoms with Gasteiger partial charge in [0.1, 0.15) is 11.5 Å². The van der Waals surface area contributed by atoms with Crippen molar-refractivity contribution in [1.29, 1.82) is 0 Å². The summed E-state index contributed by atoms with van der Waals surface area (Å²) in [7, 11) is 0. The highest BCUT2D eigenvalue weighted by Gasteiger charge is 2.33. The van der Waals surface area contributed by atoms with Gasteiger partial charge >= 0.3 is 0 Å². The lowest BCUT2D eigenvalue weighted by molar-refractivity contribution is -0.384. The van der Waals surface area contributed by atoms with Gasteiger partial charge in [-0.25, -0.2) is 0 Å². The van der Waals surface area contributed by atoms with E-state index < -0.39 is 10.9 Å². The maximum Gasteiger partial charge on any atom is 0.270 e. The molecule has 0 spiro atoms. The smallest absolute Gasteiger partial charge is 0.270 e. The van der Waals surface area contributed by atoms with Gasteiger partial charge in [-0.2, -0.15) is 0 Å². The summed E-state index contributed by atoms with van der Waals surface area (Å²) in [5.74, 6) is -0.702. The van der Waals surface area contributed by atoms with Crippen molar-refractivity contribution in [1.82, 2.24) is 0 Å². The molecule has 1 saturated heterocycles. The zero-order valence-electron chi connectivity index (χ0n) is 15.5. The minimum atomic E-state index is -1.26. The van der Waals surface area contributed by atoms with Crippen LogP contribution in [0.25, 0.3) is 17.4 Å². The molecule has 31 heavy (non-hydrogen) atoms. The average molecular weight is 451 g/mol. The number of thiocarbonyl (C=S) groups is 1. The normalized spacial score (nSPS) is 15.0. The molecule has 2 aromatic carbocycles. The SMILES string of the molecule is O=C([O-])c1ccc(-c2ccc(/C=C3/SC(=S)N(c4ccc([N+](=O)[O-])cc4)C3=O)o2)cc1. The van der Waals surface area contributed by atoms with E-state index in [0.717, 1.165) is 11.8 Å². The van der Waals surface area contributed by atoms with E-state index in [-0.39, 0.29) is 17.2 Å². The third-order valence-electron chi connectivity index (χ3n) is 4.42. The number of non-ortho nitro benzene ring substituents is 1. The molecule has 1 amide bonds. The highest BCUT2D eigenvalue weighted by molar-refractivity contribution is 8.27. The van der Waals surface area contributed by atoms with Gasteiger partial charge < -0.3 is 14.3 Å². The van der Waals surface area contributed by atoms with Crippen molar-refractivity contribution in [2.24, 2.45) is 0 Å². The topological polar surface area (TPSA) is 117 Å². The maximum absolute atomic E-state index is 12.8. The molecular formula is C21H11N2O6S2-. The molecule has 1 aromatic heterocycles. The van der Waals surface area contributed by atoms with Crippen LogP contribution in [-0.4, -0.2) is 21.1 Å². The molecule has 1 fully saturated rings. The fourth-order valence-electron chi connectivity index (χ4n) is 2.90. The van der Waals surface area contributed by atoms with Gasteiger partial charge in [0, 0.05) is 23.8 Å². The first-order valence-electron chi connectivity index (χ1n) is 8.77. The standard InChI is InChI=1S/C21H12N2O6S2/c24-19-18(31-21(30)22(19)14-5-7-15(8-6-14)23(27)28)11-16-9-10-17(29-16)12-1-3-13(4-2-12)20(25)26/h1-11H,(H,25,26)/p-1/b18-11+. The Hall–Kier alpha value is -3.76. The number of hydrogen-bond donors (Lipinski definition) is 0. The second kappa shape index (κ2) is 8.17. The molecule has 0 aliphatic carbocycles. The molecule has 8 nitrogen and oxygen atoms in total. The van der Waals surface area contributed by atoms with E-state index in [4.69, 9.17) is 16.6 Å². The summed E-state index contributed by atoms with van der Waals surface area (Å²) in [6.07, 6.45) is 1.56. The van der Waals surface area contributed by atoms with Crippen LogP contribution in [0.1, 0.15) is 16.1 Å². The number of amides is 1. The van der Waals surface area contributed by atoms with E-state index >= 15 is 0 Å². The Bertz CT molecular complexity index is 1250. The second-order valence-electron chi connectivity index (χ2n) is 6.36. The number of carbonyl (C=O) groups excluding carboxylic acids is 2. The highest BCUT2D eigenvalue weighted by Crippen LogP contribution is 2.37. The number of benzene rings is 2. The fourth-order valence-corrected chi connectivity index (χ4v) is 4.18. The molecule has 2 heterocycles. The minimum Gasteiger partial charge on any atom is -0.545 e. The Morgan fingerprint density at radius 1 is 1.06 bits per heavy atom. The van der Waals surface area contributed by atoms with Crippen LogP contribution in [0.3, 0.4) is 0 Å². The van der Waals surface area contributed by atoms with Gasteiger partial charge in [-0.3, -0.25) is 19.8 Å². The van der Waals surface area contributed by atoms with Gasteiger partial charge in [0.05, 0.1) is 21.5 Å². The fraction of sp³-hybridized carbons (Fsp3) is 0. The van der Waals surface area contributed by atoms with Crippen LogP contribution in [0.2, 0.25) is 0 Å². The zero-order valence-corrected chi connectivity index (χ0v) is 17.1. The van der Waals surface area contributed by atoms with Gasteiger partial charge in [0.15, 0.2) is 4.32 Å². The summed E-state index contributed by atoms with van der Waals surface area (Å²) in [4.78, 5) is 35.6. The Kier molecular flexibility index (Phi) is 5.40. The van der Waals surface area contributed by atoms with E-state index in [2.05, 4.69) is 0 Å². The first-order valence-corrected chi connectivity index (χ1v) is 10.00. The molecule has 4 rings (SSSR count). The Morgan fingerprint density at radius 2 is 1.74 bits per heavy atom. The number of anilines is 1. The van der Waals surface area contributed by atoms with Crippen LogP contribution < -0.4 is 10.0 Å². The summed E-state index contributed by atoms with van der Waals surface area (Å²) >= 11 is 6.40. The van der Waals surface area contributed by atoms with Crippen molar-refractivity contribution < 1.29 is 24.0 Å². The van der Waals surface area contributed by atoms with Crippen molar-refractivity contribution in [2.75, 3.05) is 4.90 Å². The molecule has 1 aliphatic heterocycles. The zero-order chi connectivity index (χ0) is 22.1. The van der Waals surface area contributed by atoms with Crippen molar-refractivity contribution in [3.63, 3.8) is 0 Å². The van der Waals surface area contributed by atoms with Crippen molar-refractivity contribution >= 4 is 57.6 Å². The Morgan fingerprint density at radius 3 is 2.35 bits per heavy atom.